The van der Waals surface area contributed by atoms with Crippen LogP contribution in [0.5, 0.6) is 0 Å². The Morgan fingerprint density at radius 1 is 0.923 bits per heavy atom. The van der Waals surface area contributed by atoms with E-state index in [1.54, 1.807) is 13.4 Å². The van der Waals surface area contributed by atoms with Crippen molar-refractivity contribution in [1.82, 2.24) is 0 Å². The molecule has 1 heterocycles. The quantitative estimate of drug-likeness (QED) is 0.326. The van der Waals surface area contributed by atoms with E-state index in [-0.39, 0.29) is 0 Å². The average molecular weight is 428 g/mol. The normalized spacial score (nSPS) is 24.2. The molecule has 1 fully saturated rings. The van der Waals surface area contributed by atoms with Crippen molar-refractivity contribution in [2.24, 2.45) is 0 Å². The summed E-state index contributed by atoms with van der Waals surface area (Å²) < 4.78 is 4.77. The Kier molecular flexibility index (Phi) is 6.99. The average Bonchev–Trinajstić information content (AvgIpc) is 2.14. The molecule has 0 unspecified atom stereocenters. The Morgan fingerprint density at radius 2 is 1.62 bits per heavy atom. The van der Waals surface area contributed by atoms with Gasteiger partial charge in [0.05, 0.1) is 0 Å². The van der Waals surface area contributed by atoms with E-state index in [2.05, 4.69) is 28.7 Å². The standard InChI is InChI=1S/C10H20Br2Te/c11-7-3-1-4-8-13(12)9-5-2-6-10-13/h1-10H2. The molecular formula is C10H20Br2Te. The van der Waals surface area contributed by atoms with Crippen molar-refractivity contribution in [3.05, 3.63) is 0 Å². The predicted octanol–water partition coefficient (Wildman–Crippen LogP) is 5.08. The van der Waals surface area contributed by atoms with Gasteiger partial charge in [0, 0.05) is 0 Å². The summed E-state index contributed by atoms with van der Waals surface area (Å²) >= 11 is 6.21. The van der Waals surface area contributed by atoms with Crippen molar-refractivity contribution in [2.45, 2.75) is 51.9 Å². The Bertz CT molecular complexity index is 133. The van der Waals surface area contributed by atoms with Gasteiger partial charge in [-0.1, -0.05) is 0 Å². The second-order valence-corrected chi connectivity index (χ2v) is 22.7. The van der Waals surface area contributed by atoms with Crippen molar-refractivity contribution >= 4 is 44.7 Å². The number of rotatable bonds is 5. The Hall–Kier alpha value is 1.75. The molecule has 0 aromatic heterocycles. The molecule has 1 aliphatic heterocycles. The first kappa shape index (κ1) is 12.8. The van der Waals surface area contributed by atoms with Gasteiger partial charge in [0.15, 0.2) is 0 Å². The van der Waals surface area contributed by atoms with Crippen LogP contribution in [-0.2, 0) is 0 Å². The molecule has 0 spiro atoms. The summed E-state index contributed by atoms with van der Waals surface area (Å²) in [5.41, 5.74) is 0. The molecule has 0 aliphatic carbocycles. The second-order valence-electron chi connectivity index (χ2n) is 3.86. The molecule has 80 valence electrons. The van der Waals surface area contributed by atoms with E-state index < -0.39 is 16.0 Å². The molecule has 0 amide bonds. The first-order chi connectivity index (χ1) is 6.27. The molecule has 0 N–H and O–H groups in total. The van der Waals surface area contributed by atoms with Crippen molar-refractivity contribution < 1.29 is 0 Å². The SMILES string of the molecule is BrCCCCC[Te]1(Br)CCCCC1. The first-order valence-electron chi connectivity index (χ1n) is 5.29. The Balaban J connectivity index is 2.10. The fourth-order valence-corrected chi connectivity index (χ4v) is 14.8. The molecule has 0 aromatic rings. The summed E-state index contributed by atoms with van der Waals surface area (Å²) in [6, 6.07) is 0. The first-order valence-corrected chi connectivity index (χ1v) is 16.6. The molecule has 0 atom stereocenters. The molecule has 0 saturated carbocycles. The Morgan fingerprint density at radius 3 is 2.23 bits per heavy atom. The molecule has 3 heteroatoms. The van der Waals surface area contributed by atoms with Crippen LogP contribution in [0.2, 0.25) is 13.4 Å². The third-order valence-electron chi connectivity index (χ3n) is 2.66. The van der Waals surface area contributed by atoms with Crippen LogP contribution in [0.3, 0.4) is 0 Å². The number of unbranched alkanes of at least 4 members (excludes halogenated alkanes) is 2. The van der Waals surface area contributed by atoms with Gasteiger partial charge in [-0.15, -0.1) is 0 Å². The van der Waals surface area contributed by atoms with Crippen LogP contribution in [0.1, 0.15) is 38.5 Å². The van der Waals surface area contributed by atoms with E-state index in [9.17, 15) is 0 Å². The fourth-order valence-electron chi connectivity index (χ4n) is 1.84. The van der Waals surface area contributed by atoms with Crippen molar-refractivity contribution in [3.63, 3.8) is 0 Å². The van der Waals surface area contributed by atoms with E-state index in [0.717, 1.165) is 0 Å². The van der Waals surface area contributed by atoms with Gasteiger partial charge in [-0.25, -0.2) is 0 Å². The van der Waals surface area contributed by atoms with Gasteiger partial charge in [0.25, 0.3) is 0 Å². The zero-order chi connectivity index (χ0) is 9.57. The summed E-state index contributed by atoms with van der Waals surface area (Å²) in [5.74, 6) is 0. The van der Waals surface area contributed by atoms with Gasteiger partial charge in [-0.2, -0.15) is 0 Å². The van der Waals surface area contributed by atoms with Gasteiger partial charge < -0.3 is 0 Å². The van der Waals surface area contributed by atoms with Crippen LogP contribution in [-0.4, -0.2) is 21.3 Å². The molecule has 1 rings (SSSR count). The minimum absolute atomic E-state index is 1.19. The summed E-state index contributed by atoms with van der Waals surface area (Å²) in [6.45, 7) is 0. The van der Waals surface area contributed by atoms with Gasteiger partial charge in [-0.3, -0.25) is 0 Å². The van der Waals surface area contributed by atoms with Crippen molar-refractivity contribution in [1.29, 1.82) is 0 Å². The summed E-state index contributed by atoms with van der Waals surface area (Å²) in [5, 5.41) is 1.19. The van der Waals surface area contributed by atoms with Crippen molar-refractivity contribution in [2.75, 3.05) is 5.33 Å². The zero-order valence-electron chi connectivity index (χ0n) is 8.24. The molecule has 13 heavy (non-hydrogen) atoms. The van der Waals surface area contributed by atoms with Gasteiger partial charge in [-0.05, 0) is 0 Å². The summed E-state index contributed by atoms with van der Waals surface area (Å²) in [4.78, 5) is 0. The van der Waals surface area contributed by atoms with Crippen LogP contribution in [0, 0.1) is 0 Å². The topological polar surface area (TPSA) is 0 Å². The molecule has 1 saturated heterocycles. The number of hydrogen-bond acceptors (Lipinski definition) is 0. The van der Waals surface area contributed by atoms with E-state index in [1.165, 1.54) is 43.9 Å². The third-order valence-corrected chi connectivity index (χ3v) is 18.5. The molecule has 0 nitrogen and oxygen atoms in total. The summed E-state index contributed by atoms with van der Waals surface area (Å²) in [6.07, 6.45) is 8.82. The van der Waals surface area contributed by atoms with Crippen LogP contribution in [0.25, 0.3) is 0 Å². The van der Waals surface area contributed by atoms with Crippen molar-refractivity contribution in [3.8, 4) is 0 Å². The van der Waals surface area contributed by atoms with Crippen LogP contribution in [0.15, 0.2) is 0 Å². The van der Waals surface area contributed by atoms with Gasteiger partial charge in [0.1, 0.15) is 0 Å². The van der Waals surface area contributed by atoms with E-state index >= 15 is 0 Å². The van der Waals surface area contributed by atoms with Gasteiger partial charge >= 0.3 is 102 Å². The number of halogens is 2. The maximum atomic E-state index is 4.13. The van der Waals surface area contributed by atoms with Crippen LogP contribution in [0.4, 0.5) is 0 Å². The number of alkyl halides is 1. The van der Waals surface area contributed by atoms with Crippen LogP contribution >= 0.6 is 28.7 Å². The van der Waals surface area contributed by atoms with Gasteiger partial charge in [0.2, 0.25) is 0 Å². The van der Waals surface area contributed by atoms with E-state index in [0.29, 0.717) is 0 Å². The molecule has 1 aliphatic rings. The Labute approximate surface area is 101 Å². The molecule has 0 radical (unpaired) electrons. The summed E-state index contributed by atoms with van der Waals surface area (Å²) in [7, 11) is 0. The second kappa shape index (κ2) is 7.09. The maximum absolute atomic E-state index is 4.13. The zero-order valence-corrected chi connectivity index (χ0v) is 13.7. The molecule has 0 aromatic carbocycles. The molecular weight excluding hydrogens is 408 g/mol. The number of hydrogen-bond donors (Lipinski definition) is 0. The van der Waals surface area contributed by atoms with E-state index in [4.69, 9.17) is 0 Å². The van der Waals surface area contributed by atoms with E-state index in [1.807, 2.05) is 0 Å². The fraction of sp³-hybridized carbons (Fsp3) is 1.00. The minimum atomic E-state index is -1.41. The third kappa shape index (κ3) is 5.40. The van der Waals surface area contributed by atoms with Crippen LogP contribution < -0.4 is 0 Å². The monoisotopic (exact) mass is 428 g/mol. The predicted molar refractivity (Wildman–Crippen MR) is 70.6 cm³/mol. The molecule has 0 bridgehead atoms.